The molecule has 0 aliphatic heterocycles. The number of carbonyl (C=O) groups excluding carboxylic acids is 2. The number of ketones is 1. The van der Waals surface area contributed by atoms with Crippen molar-refractivity contribution in [3.05, 3.63) is 65.7 Å². The van der Waals surface area contributed by atoms with Gasteiger partial charge >= 0.3 is 5.97 Å². The van der Waals surface area contributed by atoms with Crippen LogP contribution in [-0.4, -0.2) is 32.6 Å². The summed E-state index contributed by atoms with van der Waals surface area (Å²) in [5.74, 6) is -0.507. The number of carbonyl (C=O) groups is 2. The third-order valence-electron chi connectivity index (χ3n) is 4.97. The van der Waals surface area contributed by atoms with Gasteiger partial charge in [0.2, 0.25) is 0 Å². The summed E-state index contributed by atoms with van der Waals surface area (Å²) in [5, 5.41) is 0. The first-order valence-electron chi connectivity index (χ1n) is 9.26. The molecule has 3 rings (SSSR count). The van der Waals surface area contributed by atoms with E-state index in [1.54, 1.807) is 27.2 Å². The van der Waals surface area contributed by atoms with E-state index in [1.807, 2.05) is 48.5 Å². The van der Waals surface area contributed by atoms with Gasteiger partial charge in [0, 0.05) is 5.92 Å². The van der Waals surface area contributed by atoms with Gasteiger partial charge in [0.15, 0.2) is 5.78 Å². The lowest BCUT2D eigenvalue weighted by atomic mass is 9.73. The molecular weight excluding hydrogens is 356 g/mol. The predicted molar refractivity (Wildman–Crippen MR) is 106 cm³/mol. The zero-order valence-corrected chi connectivity index (χ0v) is 16.3. The van der Waals surface area contributed by atoms with Crippen molar-refractivity contribution in [2.75, 3.05) is 20.8 Å². The molecule has 5 heteroatoms. The third-order valence-corrected chi connectivity index (χ3v) is 4.97. The quantitative estimate of drug-likeness (QED) is 0.559. The van der Waals surface area contributed by atoms with E-state index in [4.69, 9.17) is 14.2 Å². The summed E-state index contributed by atoms with van der Waals surface area (Å²) >= 11 is 0. The molecule has 2 aromatic carbocycles. The van der Waals surface area contributed by atoms with Crippen LogP contribution in [-0.2, 0) is 14.3 Å². The number of ether oxygens (including phenoxy) is 3. The van der Waals surface area contributed by atoms with Crippen molar-refractivity contribution >= 4 is 17.3 Å². The molecule has 0 saturated heterocycles. The molecule has 28 heavy (non-hydrogen) atoms. The summed E-state index contributed by atoms with van der Waals surface area (Å²) in [5.41, 5.74) is 2.65. The molecule has 2 unspecified atom stereocenters. The molecule has 0 aromatic heterocycles. The Morgan fingerprint density at radius 3 is 2.39 bits per heavy atom. The Morgan fingerprint density at radius 2 is 1.71 bits per heavy atom. The molecule has 0 N–H and O–H groups in total. The molecule has 0 amide bonds. The first kappa shape index (κ1) is 19.7. The van der Waals surface area contributed by atoms with E-state index >= 15 is 0 Å². The van der Waals surface area contributed by atoms with Crippen LogP contribution in [0.3, 0.4) is 0 Å². The van der Waals surface area contributed by atoms with Crippen LogP contribution in [0.15, 0.2) is 54.6 Å². The third kappa shape index (κ3) is 4.09. The van der Waals surface area contributed by atoms with E-state index in [0.29, 0.717) is 12.2 Å². The van der Waals surface area contributed by atoms with E-state index in [2.05, 4.69) is 0 Å². The van der Waals surface area contributed by atoms with Crippen molar-refractivity contribution < 1.29 is 23.8 Å². The Kier molecular flexibility index (Phi) is 6.14. The van der Waals surface area contributed by atoms with Crippen LogP contribution in [0.5, 0.6) is 11.5 Å². The number of hydrogen-bond donors (Lipinski definition) is 0. The minimum atomic E-state index is -0.860. The lowest BCUT2D eigenvalue weighted by Crippen LogP contribution is -2.34. The molecule has 0 spiro atoms. The van der Waals surface area contributed by atoms with Gasteiger partial charge in [-0.15, -0.1) is 0 Å². The Labute approximate surface area is 164 Å². The average Bonchev–Trinajstić information content (AvgIpc) is 2.73. The van der Waals surface area contributed by atoms with E-state index in [-0.39, 0.29) is 18.3 Å². The second-order valence-electron chi connectivity index (χ2n) is 6.62. The fraction of sp³-hybridized carbons (Fsp3) is 0.304. The molecule has 2 atom stereocenters. The molecular formula is C23H24O5. The Bertz CT molecular complexity index is 899. The Morgan fingerprint density at radius 1 is 1.04 bits per heavy atom. The fourth-order valence-electron chi connectivity index (χ4n) is 3.59. The summed E-state index contributed by atoms with van der Waals surface area (Å²) in [6, 6.07) is 15.1. The first-order valence-corrected chi connectivity index (χ1v) is 9.26. The molecule has 0 fully saturated rings. The molecule has 1 aliphatic carbocycles. The summed E-state index contributed by atoms with van der Waals surface area (Å²) in [6.45, 7) is 1.98. The largest absolute Gasteiger partial charge is 0.497 e. The maximum atomic E-state index is 12.9. The van der Waals surface area contributed by atoms with Crippen LogP contribution in [0, 0.1) is 5.92 Å². The monoisotopic (exact) mass is 380 g/mol. The van der Waals surface area contributed by atoms with Crippen LogP contribution in [0.4, 0.5) is 0 Å². The zero-order valence-electron chi connectivity index (χ0n) is 16.3. The van der Waals surface area contributed by atoms with Crippen LogP contribution in [0.1, 0.15) is 30.4 Å². The van der Waals surface area contributed by atoms with Gasteiger partial charge in [-0.1, -0.05) is 24.3 Å². The van der Waals surface area contributed by atoms with Gasteiger partial charge in [-0.25, -0.2) is 0 Å². The molecule has 146 valence electrons. The van der Waals surface area contributed by atoms with Crippen molar-refractivity contribution in [3.63, 3.8) is 0 Å². The minimum absolute atomic E-state index is 0.236. The number of rotatable bonds is 6. The standard InChI is InChI=1S/C23H24O5/c1-4-28-23(25)22-20(16-8-6-10-19(12-16)27-3)13-17(14-21(22)24)15-7-5-9-18(11-15)26-2/h5-12,14,20,22H,4,13H2,1-3H3. The summed E-state index contributed by atoms with van der Waals surface area (Å²) in [7, 11) is 3.20. The number of allylic oxidation sites excluding steroid dienone is 2. The van der Waals surface area contributed by atoms with Gasteiger partial charge in [-0.2, -0.15) is 0 Å². The number of esters is 1. The summed E-state index contributed by atoms with van der Waals surface area (Å²) < 4.78 is 15.8. The van der Waals surface area contributed by atoms with Crippen molar-refractivity contribution in [2.45, 2.75) is 19.3 Å². The molecule has 0 radical (unpaired) electrons. The topological polar surface area (TPSA) is 61.8 Å². The average molecular weight is 380 g/mol. The van der Waals surface area contributed by atoms with E-state index in [1.165, 1.54) is 0 Å². The van der Waals surface area contributed by atoms with Crippen molar-refractivity contribution in [1.82, 2.24) is 0 Å². The van der Waals surface area contributed by atoms with Gasteiger partial charge in [0.25, 0.3) is 0 Å². The minimum Gasteiger partial charge on any atom is -0.497 e. The zero-order chi connectivity index (χ0) is 20.1. The number of benzene rings is 2. The highest BCUT2D eigenvalue weighted by molar-refractivity contribution is 6.10. The fourth-order valence-corrected chi connectivity index (χ4v) is 3.59. The molecule has 0 heterocycles. The van der Waals surface area contributed by atoms with E-state index in [0.717, 1.165) is 22.4 Å². The highest BCUT2D eigenvalue weighted by atomic mass is 16.5. The lowest BCUT2D eigenvalue weighted by molar-refractivity contribution is -0.151. The summed E-state index contributed by atoms with van der Waals surface area (Å²) in [4.78, 5) is 25.5. The van der Waals surface area contributed by atoms with Crippen LogP contribution < -0.4 is 9.47 Å². The van der Waals surface area contributed by atoms with Crippen LogP contribution >= 0.6 is 0 Å². The second kappa shape index (κ2) is 8.74. The maximum absolute atomic E-state index is 12.9. The number of methoxy groups -OCH3 is 2. The predicted octanol–water partition coefficient (Wildman–Crippen LogP) is 4.02. The lowest BCUT2D eigenvalue weighted by Gasteiger charge is -2.29. The van der Waals surface area contributed by atoms with Crippen molar-refractivity contribution in [3.8, 4) is 11.5 Å². The smallest absolute Gasteiger partial charge is 0.317 e. The van der Waals surface area contributed by atoms with Crippen molar-refractivity contribution in [2.24, 2.45) is 5.92 Å². The summed E-state index contributed by atoms with van der Waals surface area (Å²) in [6.07, 6.45) is 2.10. The van der Waals surface area contributed by atoms with Gasteiger partial charge < -0.3 is 14.2 Å². The van der Waals surface area contributed by atoms with Gasteiger partial charge in [0.05, 0.1) is 20.8 Å². The van der Waals surface area contributed by atoms with Crippen LogP contribution in [0.2, 0.25) is 0 Å². The normalized spacial score (nSPS) is 19.0. The Balaban J connectivity index is 2.04. The number of hydrogen-bond acceptors (Lipinski definition) is 5. The van der Waals surface area contributed by atoms with E-state index < -0.39 is 11.9 Å². The maximum Gasteiger partial charge on any atom is 0.317 e. The first-order chi connectivity index (χ1) is 13.6. The SMILES string of the molecule is CCOC(=O)C1C(=O)C=C(c2cccc(OC)c2)CC1c1cccc(OC)c1. The van der Waals surface area contributed by atoms with Crippen molar-refractivity contribution in [1.29, 1.82) is 0 Å². The molecule has 1 aliphatic rings. The molecule has 2 aromatic rings. The second-order valence-corrected chi connectivity index (χ2v) is 6.62. The molecule has 0 bridgehead atoms. The molecule has 5 nitrogen and oxygen atoms in total. The van der Waals surface area contributed by atoms with Crippen LogP contribution in [0.25, 0.3) is 5.57 Å². The van der Waals surface area contributed by atoms with Gasteiger partial charge in [-0.05, 0) is 60.4 Å². The Hall–Kier alpha value is -3.08. The highest BCUT2D eigenvalue weighted by Gasteiger charge is 2.39. The van der Waals surface area contributed by atoms with E-state index in [9.17, 15) is 9.59 Å². The molecule has 0 saturated carbocycles. The highest BCUT2D eigenvalue weighted by Crippen LogP contribution is 2.41. The van der Waals surface area contributed by atoms with Gasteiger partial charge in [0.1, 0.15) is 17.4 Å². The van der Waals surface area contributed by atoms with Gasteiger partial charge in [-0.3, -0.25) is 9.59 Å².